The van der Waals surface area contributed by atoms with Gasteiger partial charge in [0.15, 0.2) is 0 Å². The maximum absolute atomic E-state index is 11.8. The lowest BCUT2D eigenvalue weighted by molar-refractivity contribution is -0.127. The van der Waals surface area contributed by atoms with Crippen molar-refractivity contribution in [3.8, 4) is 0 Å². The molecule has 7 heteroatoms. The van der Waals surface area contributed by atoms with Crippen LogP contribution in [0.2, 0.25) is 0 Å². The van der Waals surface area contributed by atoms with Gasteiger partial charge in [0.05, 0.1) is 22.9 Å². The molecule has 0 saturated carbocycles. The molecule has 0 aromatic carbocycles. The van der Waals surface area contributed by atoms with E-state index in [4.69, 9.17) is 5.73 Å². The average Bonchev–Trinajstić information content (AvgIpc) is 2.10. The minimum Gasteiger partial charge on any atom is -0.388 e. The lowest BCUT2D eigenvalue weighted by Gasteiger charge is -2.38. The molecule has 0 fully saturated rings. The summed E-state index contributed by atoms with van der Waals surface area (Å²) in [6.07, 6.45) is 1.16. The second-order valence-electron chi connectivity index (χ2n) is 5.70. The van der Waals surface area contributed by atoms with Crippen molar-refractivity contribution in [3.63, 3.8) is 0 Å². The number of carbonyl (C=O) groups is 1. The number of rotatable bonds is 6. The van der Waals surface area contributed by atoms with E-state index in [1.807, 2.05) is 0 Å². The summed E-state index contributed by atoms with van der Waals surface area (Å²) in [6, 6.07) is -0.902. The maximum Gasteiger partial charge on any atom is 0.237 e. The van der Waals surface area contributed by atoms with Crippen LogP contribution in [-0.4, -0.2) is 48.6 Å². The maximum atomic E-state index is 11.8. The molecule has 1 atom stereocenters. The van der Waals surface area contributed by atoms with Crippen molar-refractivity contribution in [1.82, 2.24) is 5.32 Å². The zero-order valence-electron chi connectivity index (χ0n) is 11.6. The van der Waals surface area contributed by atoms with Crippen LogP contribution >= 0.6 is 0 Å². The van der Waals surface area contributed by atoms with Gasteiger partial charge in [0.2, 0.25) is 5.91 Å². The first kappa shape index (κ1) is 17.3. The molecule has 6 nitrogen and oxygen atoms in total. The molecule has 0 bridgehead atoms. The summed E-state index contributed by atoms with van der Waals surface area (Å²) in [6.45, 7) is 6.51. The Morgan fingerprint density at radius 2 is 1.78 bits per heavy atom. The van der Waals surface area contributed by atoms with Gasteiger partial charge in [0, 0.05) is 6.26 Å². The highest BCUT2D eigenvalue weighted by Crippen LogP contribution is 2.20. The Morgan fingerprint density at radius 3 is 2.11 bits per heavy atom. The number of hydrogen-bond acceptors (Lipinski definition) is 5. The summed E-state index contributed by atoms with van der Waals surface area (Å²) in [4.78, 5) is 11.8. The third kappa shape index (κ3) is 5.79. The number of sulfone groups is 1. The molecule has 0 aliphatic carbocycles. The molecular weight excluding hydrogens is 256 g/mol. The number of nitrogens with two attached hydrogens (primary N) is 1. The van der Waals surface area contributed by atoms with E-state index in [2.05, 4.69) is 5.32 Å². The molecule has 0 aliphatic heterocycles. The van der Waals surface area contributed by atoms with E-state index in [-0.39, 0.29) is 12.2 Å². The third-order valence-electron chi connectivity index (χ3n) is 3.10. The van der Waals surface area contributed by atoms with Gasteiger partial charge in [-0.25, -0.2) is 8.42 Å². The Morgan fingerprint density at radius 1 is 1.33 bits per heavy atom. The van der Waals surface area contributed by atoms with E-state index in [0.29, 0.717) is 0 Å². The van der Waals surface area contributed by atoms with E-state index in [1.54, 1.807) is 27.7 Å². The fourth-order valence-electron chi connectivity index (χ4n) is 1.03. The molecule has 18 heavy (non-hydrogen) atoms. The molecular formula is C11H24N2O4S. The smallest absolute Gasteiger partial charge is 0.237 e. The number of aliphatic hydroxyl groups is 1. The van der Waals surface area contributed by atoms with Crippen molar-refractivity contribution in [2.75, 3.05) is 12.0 Å². The molecule has 0 rings (SSSR count). The van der Waals surface area contributed by atoms with Crippen LogP contribution in [0.4, 0.5) is 0 Å². The Balaban J connectivity index is 4.51. The first-order valence-electron chi connectivity index (χ1n) is 5.74. The zero-order valence-corrected chi connectivity index (χ0v) is 12.5. The minimum absolute atomic E-state index is 0.0621. The van der Waals surface area contributed by atoms with E-state index in [1.165, 1.54) is 0 Å². The predicted molar refractivity (Wildman–Crippen MR) is 70.8 cm³/mol. The second kappa shape index (κ2) is 5.54. The highest BCUT2D eigenvalue weighted by atomic mass is 32.2. The number of amides is 1. The number of hydrogen-bond donors (Lipinski definition) is 3. The summed E-state index contributed by atoms with van der Waals surface area (Å²) < 4.78 is 22.0. The molecule has 0 spiro atoms. The van der Waals surface area contributed by atoms with Crippen molar-refractivity contribution in [1.29, 1.82) is 0 Å². The van der Waals surface area contributed by atoms with Gasteiger partial charge in [-0.15, -0.1) is 0 Å². The molecule has 0 radical (unpaired) electrons. The number of carbonyl (C=O) groups excluding carboxylic acids is 1. The molecule has 0 aromatic heterocycles. The molecule has 0 aromatic rings. The fourth-order valence-corrected chi connectivity index (χ4v) is 1.71. The van der Waals surface area contributed by atoms with Crippen LogP contribution in [0.3, 0.4) is 0 Å². The monoisotopic (exact) mass is 280 g/mol. The SMILES string of the molecule is CC(C)(O)C(C)(C)NC(=O)C(N)CCS(C)(=O)=O. The van der Waals surface area contributed by atoms with Crippen LogP contribution in [0, 0.1) is 0 Å². The quantitative estimate of drug-likeness (QED) is 0.602. The fraction of sp³-hybridized carbons (Fsp3) is 0.909. The summed E-state index contributed by atoms with van der Waals surface area (Å²) in [5.74, 6) is -0.601. The van der Waals surface area contributed by atoms with Gasteiger partial charge in [0.25, 0.3) is 0 Å². The summed E-state index contributed by atoms with van der Waals surface area (Å²) in [5, 5.41) is 12.5. The highest BCUT2D eigenvalue weighted by molar-refractivity contribution is 7.90. The Bertz CT molecular complexity index is 396. The molecule has 0 aliphatic rings. The Kier molecular flexibility index (Phi) is 5.34. The van der Waals surface area contributed by atoms with Crippen molar-refractivity contribution in [3.05, 3.63) is 0 Å². The van der Waals surface area contributed by atoms with Crippen molar-refractivity contribution >= 4 is 15.7 Å². The lowest BCUT2D eigenvalue weighted by Crippen LogP contribution is -2.60. The molecule has 0 saturated heterocycles. The standard InChI is InChI=1S/C11H24N2O4S/c1-10(2,11(3,4)15)13-9(14)8(12)6-7-18(5,16)17/h8,15H,6-7,12H2,1-5H3,(H,13,14). The molecule has 4 N–H and O–H groups in total. The van der Waals surface area contributed by atoms with Crippen LogP contribution in [0.25, 0.3) is 0 Å². The van der Waals surface area contributed by atoms with Crippen molar-refractivity contribution in [2.24, 2.45) is 5.73 Å². The van der Waals surface area contributed by atoms with Gasteiger partial charge in [-0.2, -0.15) is 0 Å². The van der Waals surface area contributed by atoms with E-state index in [9.17, 15) is 18.3 Å². The highest BCUT2D eigenvalue weighted by Gasteiger charge is 2.37. The Hall–Kier alpha value is -0.660. The largest absolute Gasteiger partial charge is 0.388 e. The topological polar surface area (TPSA) is 109 Å². The van der Waals surface area contributed by atoms with Crippen LogP contribution in [-0.2, 0) is 14.6 Å². The van der Waals surface area contributed by atoms with Crippen LogP contribution < -0.4 is 11.1 Å². The van der Waals surface area contributed by atoms with Gasteiger partial charge < -0.3 is 16.2 Å². The van der Waals surface area contributed by atoms with E-state index >= 15 is 0 Å². The van der Waals surface area contributed by atoms with Gasteiger partial charge in [-0.3, -0.25) is 4.79 Å². The Labute approximate surface area is 109 Å². The van der Waals surface area contributed by atoms with Crippen molar-refractivity contribution < 1.29 is 18.3 Å². The minimum atomic E-state index is -3.13. The van der Waals surface area contributed by atoms with Gasteiger partial charge in [-0.05, 0) is 34.1 Å². The van der Waals surface area contributed by atoms with Gasteiger partial charge in [0.1, 0.15) is 9.84 Å². The average molecular weight is 280 g/mol. The summed E-state index contributed by atoms with van der Waals surface area (Å²) in [7, 11) is -3.13. The zero-order chi connectivity index (χ0) is 14.8. The number of nitrogens with one attached hydrogen (secondary N) is 1. The van der Waals surface area contributed by atoms with Gasteiger partial charge in [-0.1, -0.05) is 0 Å². The third-order valence-corrected chi connectivity index (χ3v) is 4.08. The normalized spacial score (nSPS) is 15.3. The lowest BCUT2D eigenvalue weighted by atomic mass is 9.85. The van der Waals surface area contributed by atoms with E-state index in [0.717, 1.165) is 6.26 Å². The first-order chi connectivity index (χ1) is 7.76. The summed E-state index contributed by atoms with van der Waals surface area (Å²) in [5.41, 5.74) is 3.65. The predicted octanol–water partition coefficient (Wildman–Crippen LogP) is -0.586. The van der Waals surface area contributed by atoms with Crippen LogP contribution in [0.1, 0.15) is 34.1 Å². The molecule has 1 amide bonds. The van der Waals surface area contributed by atoms with Crippen LogP contribution in [0.5, 0.6) is 0 Å². The first-order valence-corrected chi connectivity index (χ1v) is 7.80. The summed E-state index contributed by atoms with van der Waals surface area (Å²) >= 11 is 0. The van der Waals surface area contributed by atoms with Crippen molar-refractivity contribution in [2.45, 2.75) is 51.3 Å². The van der Waals surface area contributed by atoms with Crippen LogP contribution in [0.15, 0.2) is 0 Å². The van der Waals surface area contributed by atoms with E-state index < -0.39 is 32.9 Å². The molecule has 108 valence electrons. The molecule has 1 unspecified atom stereocenters. The van der Waals surface area contributed by atoms with Gasteiger partial charge >= 0.3 is 0 Å². The second-order valence-corrected chi connectivity index (χ2v) is 7.96. The molecule has 0 heterocycles.